The van der Waals surface area contributed by atoms with Crippen molar-refractivity contribution in [3.8, 4) is 16.9 Å². The molecule has 0 heterocycles. The zero-order valence-corrected chi connectivity index (χ0v) is 18.6. The number of nitrogens with zero attached hydrogens (tertiary/aromatic N) is 2. The minimum atomic E-state index is -0.826. The Bertz CT molecular complexity index is 782. The molecule has 1 saturated carbocycles. The number of non-ortho nitro benzene ring substituents is 1. The molecule has 8 heteroatoms. The molecule has 2 aromatic carbocycles. The van der Waals surface area contributed by atoms with Gasteiger partial charge in [-0.3, -0.25) is 15.1 Å². The van der Waals surface area contributed by atoms with Crippen molar-refractivity contribution in [2.75, 3.05) is 0 Å². The average Bonchev–Trinajstić information content (AvgIpc) is 2.69. The maximum absolute atomic E-state index is 11.2. The number of aromatic hydroxyl groups is 1. The summed E-state index contributed by atoms with van der Waals surface area (Å²) >= 11 is -0.826. The first-order valence-electron chi connectivity index (χ1n) is 8.63. The van der Waals surface area contributed by atoms with Gasteiger partial charge in [0.05, 0.1) is 4.92 Å². The van der Waals surface area contributed by atoms with Crippen molar-refractivity contribution in [3.63, 3.8) is 0 Å². The van der Waals surface area contributed by atoms with Crippen LogP contribution in [0, 0.1) is 10.1 Å². The molecule has 27 heavy (non-hydrogen) atoms. The Hall–Kier alpha value is -1.23. The van der Waals surface area contributed by atoms with Gasteiger partial charge in [0.1, 0.15) is 5.75 Å². The number of rotatable bonds is 4. The summed E-state index contributed by atoms with van der Waals surface area (Å²) in [5.41, 5.74) is 1.55. The number of halogens is 2. The molecule has 2 aromatic rings. The van der Waals surface area contributed by atoms with Crippen LogP contribution in [0.15, 0.2) is 47.5 Å². The second-order valence-electron chi connectivity index (χ2n) is 6.20. The van der Waals surface area contributed by atoms with Crippen molar-refractivity contribution < 1.29 is 30.9 Å². The number of benzene rings is 2. The monoisotopic (exact) mass is 484 g/mol. The molecule has 0 atom stereocenters. The number of nitro benzene ring substituents is 1. The van der Waals surface area contributed by atoms with Crippen LogP contribution in [-0.2, 0) is 20.8 Å². The maximum atomic E-state index is 11.2. The fourth-order valence-electron chi connectivity index (χ4n) is 3.10. The fourth-order valence-corrected chi connectivity index (χ4v) is 3.10. The molecule has 5 nitrogen and oxygen atoms in total. The van der Waals surface area contributed by atoms with Crippen LogP contribution in [0.3, 0.4) is 0 Å². The van der Waals surface area contributed by atoms with Crippen LogP contribution < -0.4 is 0 Å². The summed E-state index contributed by atoms with van der Waals surface area (Å²) in [6, 6.07) is 12.2. The fraction of sp³-hybridized carbons (Fsp3) is 0.316. The number of hydrogen-bond acceptors (Lipinski definition) is 4. The molecule has 0 spiro atoms. The van der Waals surface area contributed by atoms with Crippen LogP contribution >= 0.6 is 17.0 Å². The Morgan fingerprint density at radius 1 is 1.15 bits per heavy atom. The Balaban J connectivity index is 0.000000817. The van der Waals surface area contributed by atoms with Crippen molar-refractivity contribution in [1.82, 2.24) is 0 Å². The van der Waals surface area contributed by atoms with Crippen LogP contribution in [0.1, 0.15) is 37.7 Å². The first-order valence-corrected chi connectivity index (χ1v) is 15.0. The van der Waals surface area contributed by atoms with Gasteiger partial charge in [0.15, 0.2) is 0 Å². The molecule has 0 bridgehead atoms. The van der Waals surface area contributed by atoms with Gasteiger partial charge in [-0.25, -0.2) is 0 Å². The third-order valence-corrected chi connectivity index (χ3v) is 4.42. The van der Waals surface area contributed by atoms with Crippen molar-refractivity contribution in [3.05, 3.63) is 58.1 Å². The number of phenolic OH excluding ortho intramolecular Hbond substituents is 1. The summed E-state index contributed by atoms with van der Waals surface area (Å²) in [5.74, 6) is 0.0337. The summed E-state index contributed by atoms with van der Waals surface area (Å²) in [5, 5.41) is 21.8. The van der Waals surface area contributed by atoms with Gasteiger partial charge < -0.3 is 5.11 Å². The number of phenols is 1. The van der Waals surface area contributed by atoms with Crippen molar-refractivity contribution in [2.45, 2.75) is 38.1 Å². The normalized spacial score (nSPS) is 14.4. The zero-order valence-electron chi connectivity index (χ0n) is 14.6. The summed E-state index contributed by atoms with van der Waals surface area (Å²) in [6.07, 6.45) is 7.24. The topological polar surface area (TPSA) is 75.7 Å². The van der Waals surface area contributed by atoms with Crippen LogP contribution in [0.5, 0.6) is 5.75 Å². The van der Waals surface area contributed by atoms with E-state index in [-0.39, 0.29) is 17.5 Å². The quantitative estimate of drug-likeness (QED) is 0.323. The van der Waals surface area contributed by atoms with Gasteiger partial charge in [-0.05, 0) is 18.4 Å². The van der Waals surface area contributed by atoms with Crippen LogP contribution in [0.25, 0.3) is 11.1 Å². The molecule has 0 aromatic heterocycles. The van der Waals surface area contributed by atoms with Crippen LogP contribution in [0.2, 0.25) is 0 Å². The molecule has 1 aliphatic rings. The molecular formula is C19H20Cl2N2O3Zr. The van der Waals surface area contributed by atoms with E-state index in [1.807, 2.05) is 30.3 Å². The number of nitro groups is 1. The van der Waals surface area contributed by atoms with Gasteiger partial charge in [0.25, 0.3) is 5.69 Å². The first kappa shape index (κ1) is 22.1. The molecule has 3 rings (SSSR count). The molecule has 0 unspecified atom stereocenters. The molecule has 1 N–H and O–H groups in total. The van der Waals surface area contributed by atoms with E-state index in [0.29, 0.717) is 11.1 Å². The molecule has 0 saturated heterocycles. The Kier molecular flexibility index (Phi) is 9.46. The molecular weight excluding hydrogens is 466 g/mol. The van der Waals surface area contributed by atoms with Gasteiger partial charge in [-0.2, -0.15) is 0 Å². The average molecular weight is 487 g/mol. The SMILES string of the molecule is O=[N+]([O-])c1cc(C=NC2CCCCC2)c(O)c(-c2ccccc2)c1.[Cl][Zr][Cl]. The van der Waals surface area contributed by atoms with Crippen LogP contribution in [-0.4, -0.2) is 22.3 Å². The predicted octanol–water partition coefficient (Wildman–Crippen LogP) is 6.10. The van der Waals surface area contributed by atoms with Gasteiger partial charge in [-0.15, -0.1) is 0 Å². The predicted molar refractivity (Wildman–Crippen MR) is 106 cm³/mol. The molecule has 0 aliphatic heterocycles. The third-order valence-electron chi connectivity index (χ3n) is 4.42. The van der Waals surface area contributed by atoms with Gasteiger partial charge in [0.2, 0.25) is 0 Å². The Labute approximate surface area is 177 Å². The second-order valence-corrected chi connectivity index (χ2v) is 9.93. The standard InChI is InChI=1S/C19H20N2O3.2ClH.Zr/c22-19-15(13-20-16-9-5-2-6-10-16)11-17(21(23)24)12-18(19)14-7-3-1-4-8-14;;;/h1,3-4,7-8,11-13,16,22H,2,5-6,9-10H2;2*1H;/q;;;+2/p-2. The van der Waals surface area contributed by atoms with Gasteiger partial charge in [0, 0.05) is 35.5 Å². The van der Waals surface area contributed by atoms with Crippen LogP contribution in [0.4, 0.5) is 5.69 Å². The summed E-state index contributed by atoms with van der Waals surface area (Å²) in [7, 11) is 9.87. The number of hydrogen-bond donors (Lipinski definition) is 1. The number of aliphatic imine (C=N–C) groups is 1. The molecule has 1 fully saturated rings. The van der Waals surface area contributed by atoms with Gasteiger partial charge >= 0.3 is 37.9 Å². The molecule has 142 valence electrons. The van der Waals surface area contributed by atoms with Gasteiger partial charge in [-0.1, -0.05) is 49.6 Å². The van der Waals surface area contributed by atoms with E-state index in [1.165, 1.54) is 18.6 Å². The van der Waals surface area contributed by atoms with E-state index in [4.69, 9.17) is 17.0 Å². The van der Waals surface area contributed by atoms with E-state index in [1.54, 1.807) is 6.21 Å². The van der Waals surface area contributed by atoms with E-state index < -0.39 is 25.8 Å². The second kappa shape index (κ2) is 11.6. The molecule has 1 aliphatic carbocycles. The minimum absolute atomic E-state index is 0.0337. The summed E-state index contributed by atoms with van der Waals surface area (Å²) in [4.78, 5) is 15.3. The van der Waals surface area contributed by atoms with E-state index in [2.05, 4.69) is 4.99 Å². The van der Waals surface area contributed by atoms with Crippen molar-refractivity contribution in [1.29, 1.82) is 0 Å². The van der Waals surface area contributed by atoms with E-state index >= 15 is 0 Å². The van der Waals surface area contributed by atoms with E-state index in [9.17, 15) is 15.2 Å². The summed E-state index contributed by atoms with van der Waals surface area (Å²) in [6.45, 7) is 0. The molecule has 0 amide bonds. The Morgan fingerprint density at radius 2 is 1.78 bits per heavy atom. The Morgan fingerprint density at radius 3 is 2.37 bits per heavy atom. The third kappa shape index (κ3) is 6.71. The zero-order chi connectivity index (χ0) is 19.6. The molecule has 0 radical (unpaired) electrons. The summed E-state index contributed by atoms with van der Waals surface area (Å²) < 4.78 is 0. The first-order chi connectivity index (χ1) is 13.1. The van der Waals surface area contributed by atoms with Crippen molar-refractivity contribution in [2.24, 2.45) is 4.99 Å². The van der Waals surface area contributed by atoms with Crippen molar-refractivity contribution >= 4 is 28.9 Å². The van der Waals surface area contributed by atoms with E-state index in [0.717, 1.165) is 31.2 Å².